The zero-order valence-corrected chi connectivity index (χ0v) is 10.2. The predicted octanol–water partition coefficient (Wildman–Crippen LogP) is 2.79. The summed E-state index contributed by atoms with van der Waals surface area (Å²) in [6.45, 7) is 0. The maximum Gasteiger partial charge on any atom is 0.0216 e. The molecule has 1 nitrogen and oxygen atoms in total. The van der Waals surface area contributed by atoms with Gasteiger partial charge in [-0.3, -0.25) is 0 Å². The van der Waals surface area contributed by atoms with Crippen molar-refractivity contribution in [1.29, 1.82) is 0 Å². The molecule has 2 N–H and O–H groups in total. The lowest BCUT2D eigenvalue weighted by molar-refractivity contribution is 0.649. The highest BCUT2D eigenvalue weighted by Crippen LogP contribution is 2.57. The number of hydrogen-bond acceptors (Lipinski definition) is 1. The molecule has 0 amide bonds. The lowest BCUT2D eigenvalue weighted by Crippen LogP contribution is -2.15. The van der Waals surface area contributed by atoms with Gasteiger partial charge in [0, 0.05) is 15.9 Å². The number of benzene rings is 1. The van der Waals surface area contributed by atoms with E-state index in [1.54, 1.807) is 0 Å². The second kappa shape index (κ2) is 3.22. The van der Waals surface area contributed by atoms with Crippen LogP contribution in [-0.4, -0.2) is 6.04 Å². The number of nitrogens with two attached hydrogens (primary N) is 1. The van der Waals surface area contributed by atoms with Gasteiger partial charge in [-0.25, -0.2) is 0 Å². The summed E-state index contributed by atoms with van der Waals surface area (Å²) in [6.07, 6.45) is 3.65. The number of fused-ring (bicyclic) bond motifs is 2. The maximum absolute atomic E-state index is 6.03. The van der Waals surface area contributed by atoms with E-state index in [9.17, 15) is 0 Å². The summed E-state index contributed by atoms with van der Waals surface area (Å²) in [5, 5.41) is 0. The Morgan fingerprint density at radius 1 is 1.43 bits per heavy atom. The van der Waals surface area contributed by atoms with Gasteiger partial charge in [-0.15, -0.1) is 12.4 Å². The van der Waals surface area contributed by atoms with Crippen LogP contribution in [-0.2, 0) is 11.8 Å². The normalized spacial score (nSPS) is 32.6. The molecule has 0 saturated heterocycles. The Bertz CT molecular complexity index is 380. The summed E-state index contributed by atoms with van der Waals surface area (Å²) in [6, 6.07) is 6.90. The molecule has 2 atom stereocenters. The van der Waals surface area contributed by atoms with Crippen LogP contribution in [0.25, 0.3) is 0 Å². The van der Waals surface area contributed by atoms with E-state index in [0.29, 0.717) is 11.5 Å². The highest BCUT2D eigenvalue weighted by atomic mass is 79.9. The Kier molecular flexibility index (Phi) is 2.41. The number of hydrogen-bond donors (Lipinski definition) is 1. The first kappa shape index (κ1) is 10.5. The van der Waals surface area contributed by atoms with Gasteiger partial charge in [-0.2, -0.15) is 0 Å². The molecule has 2 aliphatic carbocycles. The van der Waals surface area contributed by atoms with E-state index in [-0.39, 0.29) is 12.4 Å². The van der Waals surface area contributed by atoms with Crippen molar-refractivity contribution in [2.75, 3.05) is 0 Å². The molecule has 0 aromatic heterocycles. The van der Waals surface area contributed by atoms with Crippen LogP contribution in [0.4, 0.5) is 0 Å². The van der Waals surface area contributed by atoms with Gasteiger partial charge >= 0.3 is 0 Å². The molecule has 1 aromatic carbocycles. The average molecular weight is 275 g/mol. The first-order chi connectivity index (χ1) is 6.24. The predicted molar refractivity (Wildman–Crippen MR) is 64.0 cm³/mol. The number of aryl methyl sites for hydroxylation is 1. The second-order valence-corrected chi connectivity index (χ2v) is 5.10. The standard InChI is InChI=1S/C11H12BrN.ClH/c12-8-3-1-2-7-4-5-11(10(7)8)6-9(11)13;/h1-3,9H,4-6,13H2;1H. The highest BCUT2D eigenvalue weighted by molar-refractivity contribution is 9.10. The van der Waals surface area contributed by atoms with E-state index in [0.717, 1.165) is 0 Å². The Balaban J connectivity index is 0.000000750. The van der Waals surface area contributed by atoms with Gasteiger partial charge in [-0.1, -0.05) is 28.1 Å². The summed E-state index contributed by atoms with van der Waals surface area (Å²) < 4.78 is 1.26. The van der Waals surface area contributed by atoms with Crippen molar-refractivity contribution in [1.82, 2.24) is 0 Å². The Labute approximate surface area is 98.6 Å². The summed E-state index contributed by atoms with van der Waals surface area (Å²) in [7, 11) is 0. The molecule has 76 valence electrons. The molecule has 0 aliphatic heterocycles. The van der Waals surface area contributed by atoms with Crippen LogP contribution in [0.1, 0.15) is 24.0 Å². The minimum atomic E-state index is 0. The van der Waals surface area contributed by atoms with Gasteiger partial charge in [0.2, 0.25) is 0 Å². The van der Waals surface area contributed by atoms with Gasteiger partial charge in [0.1, 0.15) is 0 Å². The lowest BCUT2D eigenvalue weighted by atomic mass is 9.98. The largest absolute Gasteiger partial charge is 0.327 e. The first-order valence-corrected chi connectivity index (χ1v) is 5.57. The quantitative estimate of drug-likeness (QED) is 0.773. The van der Waals surface area contributed by atoms with E-state index in [4.69, 9.17) is 5.73 Å². The number of rotatable bonds is 0. The molecule has 0 bridgehead atoms. The van der Waals surface area contributed by atoms with Crippen molar-refractivity contribution < 1.29 is 0 Å². The molecular formula is C11H13BrClN. The van der Waals surface area contributed by atoms with Crippen LogP contribution in [0.2, 0.25) is 0 Å². The number of halogens is 2. The van der Waals surface area contributed by atoms with Crippen molar-refractivity contribution in [2.45, 2.75) is 30.7 Å². The maximum atomic E-state index is 6.03. The van der Waals surface area contributed by atoms with E-state index in [2.05, 4.69) is 34.1 Å². The fourth-order valence-electron chi connectivity index (χ4n) is 2.73. The van der Waals surface area contributed by atoms with E-state index >= 15 is 0 Å². The van der Waals surface area contributed by atoms with E-state index < -0.39 is 0 Å². The van der Waals surface area contributed by atoms with Crippen molar-refractivity contribution in [3.8, 4) is 0 Å². The van der Waals surface area contributed by atoms with Crippen LogP contribution in [0.3, 0.4) is 0 Å². The van der Waals surface area contributed by atoms with Gasteiger partial charge in [0.05, 0.1) is 0 Å². The van der Waals surface area contributed by atoms with Gasteiger partial charge < -0.3 is 5.73 Å². The van der Waals surface area contributed by atoms with Crippen molar-refractivity contribution >= 4 is 28.3 Å². The van der Waals surface area contributed by atoms with Crippen molar-refractivity contribution in [3.63, 3.8) is 0 Å². The molecule has 1 saturated carbocycles. The Hall–Kier alpha value is -0.0500. The fraction of sp³-hybridized carbons (Fsp3) is 0.455. The topological polar surface area (TPSA) is 26.0 Å². The van der Waals surface area contributed by atoms with E-state index in [1.165, 1.54) is 34.9 Å². The molecule has 1 aromatic rings. The van der Waals surface area contributed by atoms with Gasteiger partial charge in [0.25, 0.3) is 0 Å². The molecule has 1 spiro atoms. The molecule has 1 fully saturated rings. The monoisotopic (exact) mass is 273 g/mol. The molecular weight excluding hydrogens is 261 g/mol. The fourth-order valence-corrected chi connectivity index (χ4v) is 3.53. The third-order valence-electron chi connectivity index (χ3n) is 3.57. The Morgan fingerprint density at radius 2 is 2.14 bits per heavy atom. The van der Waals surface area contributed by atoms with Crippen LogP contribution in [0, 0.1) is 0 Å². The first-order valence-electron chi connectivity index (χ1n) is 4.77. The van der Waals surface area contributed by atoms with Gasteiger partial charge in [0.15, 0.2) is 0 Å². The summed E-state index contributed by atoms with van der Waals surface area (Å²) in [4.78, 5) is 0. The lowest BCUT2D eigenvalue weighted by Gasteiger charge is -2.11. The molecule has 2 unspecified atom stereocenters. The third kappa shape index (κ3) is 1.17. The Morgan fingerprint density at radius 3 is 2.79 bits per heavy atom. The summed E-state index contributed by atoms with van der Waals surface area (Å²) >= 11 is 3.63. The summed E-state index contributed by atoms with van der Waals surface area (Å²) in [5.74, 6) is 0. The molecule has 0 radical (unpaired) electrons. The van der Waals surface area contributed by atoms with Crippen molar-refractivity contribution in [3.05, 3.63) is 33.8 Å². The zero-order valence-electron chi connectivity index (χ0n) is 7.79. The van der Waals surface area contributed by atoms with E-state index in [1.807, 2.05) is 0 Å². The SMILES string of the molecule is Cl.NC1CC12CCc1cccc(Br)c12. The molecule has 3 heteroatoms. The van der Waals surface area contributed by atoms with Crippen molar-refractivity contribution in [2.24, 2.45) is 5.73 Å². The smallest absolute Gasteiger partial charge is 0.0216 e. The van der Waals surface area contributed by atoms with Crippen LogP contribution in [0.15, 0.2) is 22.7 Å². The summed E-state index contributed by atoms with van der Waals surface area (Å²) in [5.41, 5.74) is 9.39. The third-order valence-corrected chi connectivity index (χ3v) is 4.23. The molecule has 3 rings (SSSR count). The minimum Gasteiger partial charge on any atom is -0.327 e. The van der Waals surface area contributed by atoms with Crippen LogP contribution < -0.4 is 5.73 Å². The molecule has 14 heavy (non-hydrogen) atoms. The second-order valence-electron chi connectivity index (χ2n) is 4.24. The van der Waals surface area contributed by atoms with Crippen LogP contribution in [0.5, 0.6) is 0 Å². The van der Waals surface area contributed by atoms with Crippen LogP contribution >= 0.6 is 28.3 Å². The average Bonchev–Trinajstić information content (AvgIpc) is 2.58. The molecule has 0 heterocycles. The zero-order chi connectivity index (χ0) is 9.05. The molecule has 2 aliphatic rings. The highest BCUT2D eigenvalue weighted by Gasteiger charge is 2.56. The minimum absolute atomic E-state index is 0. The van der Waals surface area contributed by atoms with Gasteiger partial charge in [-0.05, 0) is 36.5 Å².